The monoisotopic (exact) mass is 291 g/mol. The van der Waals surface area contributed by atoms with Crippen molar-refractivity contribution in [2.45, 2.75) is 47.0 Å². The van der Waals surface area contributed by atoms with Gasteiger partial charge in [-0.25, -0.2) is 8.78 Å². The van der Waals surface area contributed by atoms with Gasteiger partial charge in [0.05, 0.1) is 17.0 Å². The summed E-state index contributed by atoms with van der Waals surface area (Å²) in [6.45, 7) is 8.75. The van der Waals surface area contributed by atoms with E-state index in [-0.39, 0.29) is 17.9 Å². The maximum Gasteiger partial charge on any atom is 0.283 e. The molecule has 1 heterocycles. The largest absolute Gasteiger partial charge is 0.293 e. The lowest BCUT2D eigenvalue weighted by molar-refractivity contribution is 0.0898. The average Bonchev–Trinajstić information content (AvgIpc) is 2.93. The van der Waals surface area contributed by atoms with Crippen LogP contribution in [0.1, 0.15) is 50.7 Å². The van der Waals surface area contributed by atoms with Crippen molar-refractivity contribution in [2.24, 2.45) is 4.99 Å². The topological polar surface area (TPSA) is 29.4 Å². The van der Waals surface area contributed by atoms with Crippen LogP contribution in [0.25, 0.3) is 0 Å². The summed E-state index contributed by atoms with van der Waals surface area (Å²) < 4.78 is 25.8. The van der Waals surface area contributed by atoms with Crippen LogP contribution in [0.2, 0.25) is 0 Å². The van der Waals surface area contributed by atoms with Gasteiger partial charge in [-0.2, -0.15) is 0 Å². The third-order valence-corrected chi connectivity index (χ3v) is 2.81. The van der Waals surface area contributed by atoms with Gasteiger partial charge < -0.3 is 0 Å². The van der Waals surface area contributed by atoms with E-state index in [4.69, 9.17) is 0 Å². The first-order chi connectivity index (χ1) is 8.95. The number of aliphatic imine (C=N–C) groups is 1. The zero-order valence-electron chi connectivity index (χ0n) is 12.5. The van der Waals surface area contributed by atoms with Crippen molar-refractivity contribution >= 4 is 22.8 Å². The summed E-state index contributed by atoms with van der Waals surface area (Å²) in [5.74, 6) is -3.34. The maximum absolute atomic E-state index is 12.9. The first-order valence-corrected chi connectivity index (χ1v) is 7.23. The van der Waals surface area contributed by atoms with Crippen molar-refractivity contribution in [3.63, 3.8) is 0 Å². The van der Waals surface area contributed by atoms with E-state index in [0.29, 0.717) is 4.88 Å². The fraction of sp³-hybridized carbons (Fsp3) is 0.571. The molecule has 0 aliphatic rings. The summed E-state index contributed by atoms with van der Waals surface area (Å²) in [5.41, 5.74) is -0.374. The molecule has 0 radical (unpaired) electrons. The molecule has 1 aromatic rings. The van der Waals surface area contributed by atoms with Gasteiger partial charge in [0.25, 0.3) is 5.92 Å². The molecule has 1 rings (SSSR count). The smallest absolute Gasteiger partial charge is 0.283 e. The van der Waals surface area contributed by atoms with Crippen molar-refractivity contribution < 1.29 is 13.6 Å². The van der Waals surface area contributed by atoms with Crippen LogP contribution in [0, 0.1) is 0 Å². The van der Waals surface area contributed by atoms with Gasteiger partial charge in [-0.1, -0.05) is 33.8 Å². The molecule has 0 unspecified atom stereocenters. The van der Waals surface area contributed by atoms with Crippen LogP contribution in [0.3, 0.4) is 0 Å². The predicted molar refractivity (Wildman–Crippen MR) is 79.9 cm³/mol. The normalized spacial score (nSPS) is 10.8. The molecule has 5 heteroatoms. The van der Waals surface area contributed by atoms with Crippen molar-refractivity contribution in [2.75, 3.05) is 7.05 Å². The first kappa shape index (κ1) is 20.2. The second-order valence-corrected chi connectivity index (χ2v) is 4.08. The second kappa shape index (κ2) is 10.8. The van der Waals surface area contributed by atoms with E-state index in [1.165, 1.54) is 18.4 Å². The van der Waals surface area contributed by atoms with Crippen LogP contribution < -0.4 is 0 Å². The van der Waals surface area contributed by atoms with E-state index >= 15 is 0 Å². The Kier molecular flexibility index (Phi) is 11.5. The highest BCUT2D eigenvalue weighted by atomic mass is 32.1. The van der Waals surface area contributed by atoms with Crippen LogP contribution in [0.4, 0.5) is 8.78 Å². The summed E-state index contributed by atoms with van der Waals surface area (Å²) in [5, 5.41) is 1.74. The Labute approximate surface area is 118 Å². The van der Waals surface area contributed by atoms with Crippen molar-refractivity contribution in [3.05, 3.63) is 22.4 Å². The van der Waals surface area contributed by atoms with Gasteiger partial charge in [-0.05, 0) is 11.4 Å². The zero-order valence-corrected chi connectivity index (χ0v) is 13.3. The highest BCUT2D eigenvalue weighted by Crippen LogP contribution is 2.19. The van der Waals surface area contributed by atoms with Gasteiger partial charge in [-0.15, -0.1) is 11.3 Å². The van der Waals surface area contributed by atoms with Crippen molar-refractivity contribution in [1.82, 2.24) is 0 Å². The number of rotatable bonds is 4. The molecule has 0 spiro atoms. The molecule has 110 valence electrons. The number of nitrogens with zero attached hydrogens (tertiary/aromatic N) is 1. The molecule has 0 aromatic carbocycles. The lowest BCUT2D eigenvalue weighted by atomic mass is 10.1. The second-order valence-electron chi connectivity index (χ2n) is 3.14. The van der Waals surface area contributed by atoms with E-state index in [9.17, 15) is 13.6 Å². The lowest BCUT2D eigenvalue weighted by Gasteiger charge is -2.11. The van der Waals surface area contributed by atoms with Gasteiger partial charge in [-0.3, -0.25) is 9.79 Å². The van der Waals surface area contributed by atoms with Crippen molar-refractivity contribution in [1.29, 1.82) is 0 Å². The Hall–Kier alpha value is -1.10. The molecular formula is C14H23F2NOS. The summed E-state index contributed by atoms with van der Waals surface area (Å²) in [7, 11) is 1.27. The van der Waals surface area contributed by atoms with E-state index in [0.717, 1.165) is 6.92 Å². The molecule has 0 atom stereocenters. The molecule has 0 fully saturated rings. The zero-order chi connectivity index (χ0) is 15.5. The first-order valence-electron chi connectivity index (χ1n) is 6.36. The van der Waals surface area contributed by atoms with Crippen LogP contribution in [-0.4, -0.2) is 24.5 Å². The third kappa shape index (κ3) is 7.82. The Balaban J connectivity index is 0. The number of carbonyl (C=O) groups excluding carboxylic acids is 1. The fourth-order valence-corrected chi connectivity index (χ4v) is 1.77. The molecule has 0 aliphatic carbocycles. The highest BCUT2D eigenvalue weighted by molar-refractivity contribution is 7.12. The molecule has 0 aliphatic heterocycles. The number of hydrogen-bond donors (Lipinski definition) is 0. The molecule has 2 nitrogen and oxygen atoms in total. The number of halogens is 2. The number of alkyl halides is 2. The Bertz CT molecular complexity index is 367. The summed E-state index contributed by atoms with van der Waals surface area (Å²) in [6.07, 6.45) is -0.319. The van der Waals surface area contributed by atoms with Crippen LogP contribution in [0.15, 0.2) is 22.5 Å². The SMILES string of the molecule is CC.CC.CN=C(CC(=O)c1cccs1)C(C)(F)F. The van der Waals surface area contributed by atoms with Gasteiger partial charge in [0.2, 0.25) is 0 Å². The average molecular weight is 291 g/mol. The minimum Gasteiger partial charge on any atom is -0.293 e. The van der Waals surface area contributed by atoms with Gasteiger partial charge in [0.15, 0.2) is 5.78 Å². The quantitative estimate of drug-likeness (QED) is 0.560. The van der Waals surface area contributed by atoms with Gasteiger partial charge in [0, 0.05) is 14.0 Å². The molecule has 0 saturated heterocycles. The Morgan fingerprint density at radius 1 is 1.32 bits per heavy atom. The maximum atomic E-state index is 12.9. The van der Waals surface area contributed by atoms with E-state index in [1.807, 2.05) is 27.7 Å². The molecule has 19 heavy (non-hydrogen) atoms. The summed E-state index contributed by atoms with van der Waals surface area (Å²) in [6, 6.07) is 3.33. The van der Waals surface area contributed by atoms with Gasteiger partial charge in [0.1, 0.15) is 0 Å². The summed E-state index contributed by atoms with van der Waals surface area (Å²) >= 11 is 1.24. The molecule has 1 aromatic heterocycles. The number of Topliss-reactive ketones (excluding diaryl/α,β-unsaturated/α-hetero) is 1. The van der Waals surface area contributed by atoms with E-state index in [2.05, 4.69) is 4.99 Å². The number of hydrogen-bond acceptors (Lipinski definition) is 3. The molecule has 0 amide bonds. The molecule has 0 N–H and O–H groups in total. The fourth-order valence-electron chi connectivity index (χ4n) is 1.11. The van der Waals surface area contributed by atoms with Crippen LogP contribution >= 0.6 is 11.3 Å². The molecular weight excluding hydrogens is 268 g/mol. The van der Waals surface area contributed by atoms with Crippen molar-refractivity contribution in [3.8, 4) is 0 Å². The minimum absolute atomic E-state index is 0.313. The summed E-state index contributed by atoms with van der Waals surface area (Å²) in [4.78, 5) is 15.5. The highest BCUT2D eigenvalue weighted by Gasteiger charge is 2.30. The van der Waals surface area contributed by atoms with Crippen LogP contribution in [0.5, 0.6) is 0 Å². The Morgan fingerprint density at radius 2 is 1.84 bits per heavy atom. The van der Waals surface area contributed by atoms with E-state index in [1.54, 1.807) is 17.5 Å². The predicted octanol–water partition coefficient (Wildman–Crippen LogP) is 5.10. The number of thiophene rings is 1. The molecule has 0 bridgehead atoms. The van der Waals surface area contributed by atoms with Gasteiger partial charge >= 0.3 is 0 Å². The standard InChI is InChI=1S/C10H11F2NOS.2C2H6/c1-10(11,12)9(13-2)6-7(14)8-4-3-5-15-8;2*1-2/h3-5H,6H2,1-2H3;2*1-2H3. The number of ketones is 1. The Morgan fingerprint density at radius 3 is 2.16 bits per heavy atom. The number of carbonyl (C=O) groups is 1. The third-order valence-electron chi connectivity index (χ3n) is 1.90. The van der Waals surface area contributed by atoms with E-state index < -0.39 is 5.92 Å². The lowest BCUT2D eigenvalue weighted by Crippen LogP contribution is -2.26. The molecule has 0 saturated carbocycles. The minimum atomic E-state index is -3.03. The van der Waals surface area contributed by atoms with Crippen LogP contribution in [-0.2, 0) is 0 Å².